The summed E-state index contributed by atoms with van der Waals surface area (Å²) in [7, 11) is 0. The Hall–Kier alpha value is -1.99. The number of amides is 2. The van der Waals surface area contributed by atoms with Crippen LogP contribution in [0.2, 0.25) is 0 Å². The molecule has 0 saturated carbocycles. The Bertz CT molecular complexity index is 615. The maximum Gasteiger partial charge on any atom is 0.321 e. The van der Waals surface area contributed by atoms with Crippen molar-refractivity contribution in [2.75, 3.05) is 5.32 Å². The molecule has 112 valence electrons. The second-order valence-electron chi connectivity index (χ2n) is 4.68. The first-order valence-electron chi connectivity index (χ1n) is 6.39. The van der Waals surface area contributed by atoms with Crippen LogP contribution in [0, 0.1) is 12.7 Å². The van der Waals surface area contributed by atoms with Crippen molar-refractivity contribution in [1.82, 2.24) is 10.3 Å². The number of hydrogen-bond donors (Lipinski definition) is 3. The van der Waals surface area contributed by atoms with E-state index < -0.39 is 18.2 Å². The molecule has 1 heterocycles. The van der Waals surface area contributed by atoms with E-state index in [4.69, 9.17) is 0 Å². The molecule has 2 rings (SSSR count). The monoisotopic (exact) mass is 309 g/mol. The van der Waals surface area contributed by atoms with Crippen molar-refractivity contribution in [2.45, 2.75) is 26.0 Å². The van der Waals surface area contributed by atoms with Crippen molar-refractivity contribution in [3.05, 3.63) is 46.7 Å². The molecule has 0 radical (unpaired) electrons. The van der Waals surface area contributed by atoms with Crippen LogP contribution < -0.4 is 10.6 Å². The molecule has 3 N–H and O–H groups in total. The summed E-state index contributed by atoms with van der Waals surface area (Å²) in [6, 6.07) is 4.53. The Morgan fingerprint density at radius 2 is 2.05 bits per heavy atom. The summed E-state index contributed by atoms with van der Waals surface area (Å²) >= 11 is 1.32. The molecule has 21 heavy (non-hydrogen) atoms. The first kappa shape index (κ1) is 15.4. The maximum absolute atomic E-state index is 12.8. The number of hydrogen-bond acceptors (Lipinski definition) is 4. The number of urea groups is 1. The lowest BCUT2D eigenvalue weighted by Crippen LogP contribution is -2.39. The average molecular weight is 309 g/mol. The predicted octanol–water partition coefficient (Wildman–Crippen LogP) is 2.83. The molecule has 0 aliphatic heterocycles. The number of aliphatic hydroxyl groups excluding tert-OH is 1. The van der Waals surface area contributed by atoms with Crippen molar-refractivity contribution in [3.8, 4) is 0 Å². The number of nitrogens with zero attached hydrogens (tertiary/aromatic N) is 1. The zero-order valence-electron chi connectivity index (χ0n) is 11.6. The van der Waals surface area contributed by atoms with Gasteiger partial charge in [0.25, 0.3) is 0 Å². The molecular weight excluding hydrogens is 293 g/mol. The number of thiazole rings is 1. The largest absolute Gasteiger partial charge is 0.386 e. The standard InChI is InChI=1S/C14H16FN3O2S/c1-8-7-21-14(16-8)18-13(20)17-9(2)12(19)10-3-5-11(15)6-4-10/h3-7,9,12,19H,1-2H3,(H2,16,17,18,20). The van der Waals surface area contributed by atoms with Crippen LogP contribution in [0.15, 0.2) is 29.6 Å². The highest BCUT2D eigenvalue weighted by Gasteiger charge is 2.18. The van der Waals surface area contributed by atoms with Crippen LogP contribution in [0.5, 0.6) is 0 Å². The number of rotatable bonds is 4. The van der Waals surface area contributed by atoms with Gasteiger partial charge in [-0.15, -0.1) is 11.3 Å². The van der Waals surface area contributed by atoms with Gasteiger partial charge in [0.2, 0.25) is 0 Å². The number of anilines is 1. The van der Waals surface area contributed by atoms with Crippen LogP contribution in [-0.2, 0) is 0 Å². The zero-order chi connectivity index (χ0) is 15.4. The van der Waals surface area contributed by atoms with Gasteiger partial charge in [0.15, 0.2) is 5.13 Å². The maximum atomic E-state index is 12.8. The molecule has 0 bridgehead atoms. The Balaban J connectivity index is 1.92. The molecule has 2 unspecified atom stereocenters. The van der Waals surface area contributed by atoms with Crippen LogP contribution in [0.25, 0.3) is 0 Å². The number of benzene rings is 1. The average Bonchev–Trinajstić information content (AvgIpc) is 2.83. The van der Waals surface area contributed by atoms with E-state index in [0.717, 1.165) is 5.69 Å². The minimum Gasteiger partial charge on any atom is -0.386 e. The molecule has 1 aromatic carbocycles. The Morgan fingerprint density at radius 1 is 1.38 bits per heavy atom. The molecule has 7 heteroatoms. The van der Waals surface area contributed by atoms with Gasteiger partial charge in [-0.05, 0) is 31.5 Å². The number of aliphatic hydroxyl groups is 1. The molecular formula is C14H16FN3O2S. The Kier molecular flexibility index (Phi) is 4.87. The Morgan fingerprint density at radius 3 is 2.62 bits per heavy atom. The molecule has 5 nitrogen and oxygen atoms in total. The van der Waals surface area contributed by atoms with E-state index >= 15 is 0 Å². The van der Waals surface area contributed by atoms with E-state index in [9.17, 15) is 14.3 Å². The van der Waals surface area contributed by atoms with Gasteiger partial charge >= 0.3 is 6.03 Å². The summed E-state index contributed by atoms with van der Waals surface area (Å²) in [5.74, 6) is -0.372. The van der Waals surface area contributed by atoms with Gasteiger partial charge in [-0.3, -0.25) is 5.32 Å². The number of aromatic nitrogens is 1. The van der Waals surface area contributed by atoms with Gasteiger partial charge in [0, 0.05) is 5.38 Å². The third-order valence-corrected chi connectivity index (χ3v) is 3.76. The quantitative estimate of drug-likeness (QED) is 0.813. The predicted molar refractivity (Wildman–Crippen MR) is 79.8 cm³/mol. The van der Waals surface area contributed by atoms with Gasteiger partial charge in [0.1, 0.15) is 5.82 Å². The molecule has 0 aliphatic rings. The normalized spacial score (nSPS) is 13.5. The van der Waals surface area contributed by atoms with Crippen molar-refractivity contribution in [2.24, 2.45) is 0 Å². The topological polar surface area (TPSA) is 74.2 Å². The number of carbonyl (C=O) groups excluding carboxylic acids is 1. The van der Waals surface area contributed by atoms with Crippen LogP contribution in [0.4, 0.5) is 14.3 Å². The van der Waals surface area contributed by atoms with Gasteiger partial charge in [-0.2, -0.15) is 0 Å². The van der Waals surface area contributed by atoms with Crippen LogP contribution >= 0.6 is 11.3 Å². The van der Waals surface area contributed by atoms with Gasteiger partial charge in [0.05, 0.1) is 17.8 Å². The number of carbonyl (C=O) groups is 1. The third kappa shape index (κ3) is 4.24. The summed E-state index contributed by atoms with van der Waals surface area (Å²) in [6.07, 6.45) is -0.922. The minimum atomic E-state index is -0.922. The summed E-state index contributed by atoms with van der Waals surface area (Å²) in [4.78, 5) is 15.9. The molecule has 2 atom stereocenters. The highest BCUT2D eigenvalue weighted by Crippen LogP contribution is 2.18. The van der Waals surface area contributed by atoms with E-state index in [1.54, 1.807) is 6.92 Å². The van der Waals surface area contributed by atoms with Crippen LogP contribution in [0.3, 0.4) is 0 Å². The lowest BCUT2D eigenvalue weighted by molar-refractivity contribution is 0.139. The lowest BCUT2D eigenvalue weighted by atomic mass is 10.0. The molecule has 0 aliphatic carbocycles. The SMILES string of the molecule is Cc1csc(NC(=O)NC(C)C(O)c2ccc(F)cc2)n1. The first-order valence-corrected chi connectivity index (χ1v) is 7.27. The van der Waals surface area contributed by atoms with Gasteiger partial charge in [-0.25, -0.2) is 14.2 Å². The highest BCUT2D eigenvalue weighted by molar-refractivity contribution is 7.13. The first-order chi connectivity index (χ1) is 9.95. The Labute approximate surface area is 125 Å². The van der Waals surface area contributed by atoms with Crippen molar-refractivity contribution >= 4 is 22.5 Å². The summed E-state index contributed by atoms with van der Waals surface area (Å²) in [6.45, 7) is 3.50. The lowest BCUT2D eigenvalue weighted by Gasteiger charge is -2.20. The van der Waals surface area contributed by atoms with E-state index in [1.807, 2.05) is 12.3 Å². The van der Waals surface area contributed by atoms with E-state index in [1.165, 1.54) is 35.6 Å². The number of halogens is 1. The smallest absolute Gasteiger partial charge is 0.321 e. The number of nitrogens with one attached hydrogen (secondary N) is 2. The second kappa shape index (κ2) is 6.64. The van der Waals surface area contributed by atoms with E-state index in [0.29, 0.717) is 10.7 Å². The zero-order valence-corrected chi connectivity index (χ0v) is 12.4. The fourth-order valence-corrected chi connectivity index (χ4v) is 2.46. The highest BCUT2D eigenvalue weighted by atomic mass is 32.1. The van der Waals surface area contributed by atoms with Crippen molar-refractivity contribution < 1.29 is 14.3 Å². The van der Waals surface area contributed by atoms with Crippen molar-refractivity contribution in [3.63, 3.8) is 0 Å². The molecule has 2 aromatic rings. The molecule has 2 amide bonds. The number of aryl methyl sites for hydroxylation is 1. The van der Waals surface area contributed by atoms with Crippen molar-refractivity contribution in [1.29, 1.82) is 0 Å². The van der Waals surface area contributed by atoms with Crippen LogP contribution in [0.1, 0.15) is 24.3 Å². The second-order valence-corrected chi connectivity index (χ2v) is 5.54. The van der Waals surface area contributed by atoms with Crippen LogP contribution in [-0.4, -0.2) is 22.2 Å². The molecule has 0 fully saturated rings. The molecule has 0 saturated heterocycles. The van der Waals surface area contributed by atoms with Gasteiger partial charge < -0.3 is 10.4 Å². The van der Waals surface area contributed by atoms with E-state index in [2.05, 4.69) is 15.6 Å². The minimum absolute atomic E-state index is 0.372. The fourth-order valence-electron chi connectivity index (χ4n) is 1.78. The molecule has 1 aromatic heterocycles. The summed E-state index contributed by atoms with van der Waals surface area (Å²) < 4.78 is 12.8. The molecule has 0 spiro atoms. The fraction of sp³-hybridized carbons (Fsp3) is 0.286. The van der Waals surface area contributed by atoms with E-state index in [-0.39, 0.29) is 5.82 Å². The van der Waals surface area contributed by atoms with Gasteiger partial charge in [-0.1, -0.05) is 12.1 Å². The summed E-state index contributed by atoms with van der Waals surface area (Å²) in [5, 5.41) is 17.7. The third-order valence-electron chi connectivity index (χ3n) is 2.88. The summed E-state index contributed by atoms with van der Waals surface area (Å²) in [5.41, 5.74) is 1.36.